The van der Waals surface area contributed by atoms with Gasteiger partial charge < -0.3 is 15.1 Å². The molecule has 0 saturated carbocycles. The largest absolute Gasteiger partial charge is 0.370 e. The Labute approximate surface area is 132 Å². The van der Waals surface area contributed by atoms with E-state index in [0.29, 0.717) is 5.91 Å². The molecule has 2 saturated heterocycles. The fraction of sp³-hybridized carbons (Fsp3) is 0.562. The predicted molar refractivity (Wildman–Crippen MR) is 88.1 cm³/mol. The lowest BCUT2D eigenvalue weighted by Crippen LogP contribution is -2.45. The Hall–Kier alpha value is -1.26. The van der Waals surface area contributed by atoms with Crippen molar-refractivity contribution in [3.05, 3.63) is 30.3 Å². The normalized spacial score (nSPS) is 22.6. The Morgan fingerprint density at radius 2 is 1.86 bits per heavy atom. The van der Waals surface area contributed by atoms with E-state index in [1.54, 1.807) is 0 Å². The minimum Gasteiger partial charge on any atom is -0.370 e. The number of amides is 1. The molecular formula is C16H24ClN3O. The molecule has 0 bridgehead atoms. The third-order valence-electron chi connectivity index (χ3n) is 4.29. The number of benzene rings is 1. The first-order valence-electron chi connectivity index (χ1n) is 7.67. The summed E-state index contributed by atoms with van der Waals surface area (Å²) in [6, 6.07) is 10.6. The number of carbonyl (C=O) groups excluding carboxylic acids is 1. The first-order valence-corrected chi connectivity index (χ1v) is 7.67. The Bertz CT molecular complexity index is 448. The number of rotatable bonds is 2. The quantitative estimate of drug-likeness (QED) is 0.906. The van der Waals surface area contributed by atoms with Gasteiger partial charge in [0, 0.05) is 31.9 Å². The van der Waals surface area contributed by atoms with Crippen molar-refractivity contribution in [3.63, 3.8) is 0 Å². The molecule has 0 aliphatic carbocycles. The van der Waals surface area contributed by atoms with E-state index in [-0.39, 0.29) is 18.4 Å². The fourth-order valence-electron chi connectivity index (χ4n) is 3.15. The number of para-hydroxylation sites is 1. The van der Waals surface area contributed by atoms with Crippen LogP contribution in [0.3, 0.4) is 0 Å². The summed E-state index contributed by atoms with van der Waals surface area (Å²) in [5.74, 6) is 0.303. The van der Waals surface area contributed by atoms with Crippen LogP contribution < -0.4 is 10.2 Å². The summed E-state index contributed by atoms with van der Waals surface area (Å²) in [6.45, 7) is 4.68. The van der Waals surface area contributed by atoms with Crippen molar-refractivity contribution < 1.29 is 4.79 Å². The summed E-state index contributed by atoms with van der Waals surface area (Å²) < 4.78 is 0. The Morgan fingerprint density at radius 1 is 1.05 bits per heavy atom. The maximum atomic E-state index is 12.4. The van der Waals surface area contributed by atoms with E-state index in [9.17, 15) is 4.79 Å². The highest BCUT2D eigenvalue weighted by molar-refractivity contribution is 5.85. The van der Waals surface area contributed by atoms with Crippen molar-refractivity contribution in [2.24, 2.45) is 0 Å². The second-order valence-corrected chi connectivity index (χ2v) is 5.65. The van der Waals surface area contributed by atoms with Crippen LogP contribution in [0.1, 0.15) is 19.3 Å². The molecule has 2 fully saturated rings. The summed E-state index contributed by atoms with van der Waals surface area (Å²) in [7, 11) is 0. The highest BCUT2D eigenvalue weighted by Gasteiger charge is 2.28. The van der Waals surface area contributed by atoms with Crippen LogP contribution in [0.4, 0.5) is 5.69 Å². The van der Waals surface area contributed by atoms with Gasteiger partial charge in [-0.15, -0.1) is 12.4 Å². The number of nitrogens with zero attached hydrogens (tertiary/aromatic N) is 2. The van der Waals surface area contributed by atoms with Crippen LogP contribution in [0.25, 0.3) is 0 Å². The average molecular weight is 310 g/mol. The molecule has 1 atom stereocenters. The van der Waals surface area contributed by atoms with Crippen molar-refractivity contribution in [1.82, 2.24) is 10.2 Å². The van der Waals surface area contributed by atoms with Crippen LogP contribution in [0.15, 0.2) is 30.3 Å². The number of hydrogen-bond donors (Lipinski definition) is 1. The van der Waals surface area contributed by atoms with Crippen molar-refractivity contribution >= 4 is 24.0 Å². The summed E-state index contributed by atoms with van der Waals surface area (Å²) in [5.41, 5.74) is 1.26. The van der Waals surface area contributed by atoms with Gasteiger partial charge >= 0.3 is 0 Å². The SMILES string of the molecule is Cl.O=C(C1CCCN1)N1CCCN(c2ccccc2)CC1. The molecule has 1 amide bonds. The molecule has 2 heterocycles. The minimum absolute atomic E-state index is 0. The lowest BCUT2D eigenvalue weighted by Gasteiger charge is -2.25. The molecule has 0 aromatic heterocycles. The molecule has 1 aromatic carbocycles. The van der Waals surface area contributed by atoms with Crippen molar-refractivity contribution in [2.75, 3.05) is 37.6 Å². The lowest BCUT2D eigenvalue weighted by molar-refractivity contribution is -0.132. The Kier molecular flexibility index (Phi) is 5.88. The van der Waals surface area contributed by atoms with E-state index >= 15 is 0 Å². The third-order valence-corrected chi connectivity index (χ3v) is 4.29. The van der Waals surface area contributed by atoms with Crippen LogP contribution in [-0.2, 0) is 4.79 Å². The molecule has 0 radical (unpaired) electrons. The number of anilines is 1. The molecule has 4 nitrogen and oxygen atoms in total. The Morgan fingerprint density at radius 3 is 2.57 bits per heavy atom. The van der Waals surface area contributed by atoms with Gasteiger partial charge in [0.05, 0.1) is 6.04 Å². The number of carbonyl (C=O) groups is 1. The molecule has 1 N–H and O–H groups in total. The highest BCUT2D eigenvalue weighted by Crippen LogP contribution is 2.17. The maximum absolute atomic E-state index is 12.4. The van der Waals surface area contributed by atoms with E-state index < -0.39 is 0 Å². The molecule has 2 aliphatic rings. The first-order chi connectivity index (χ1) is 9.84. The van der Waals surface area contributed by atoms with E-state index in [1.165, 1.54) is 5.69 Å². The number of halogens is 1. The van der Waals surface area contributed by atoms with E-state index in [2.05, 4.69) is 34.5 Å². The van der Waals surface area contributed by atoms with Crippen LogP contribution >= 0.6 is 12.4 Å². The molecule has 1 aromatic rings. The minimum atomic E-state index is 0. The molecule has 21 heavy (non-hydrogen) atoms. The van der Waals surface area contributed by atoms with E-state index in [1.807, 2.05) is 11.0 Å². The monoisotopic (exact) mass is 309 g/mol. The average Bonchev–Trinajstić information content (AvgIpc) is 2.92. The topological polar surface area (TPSA) is 35.6 Å². The summed E-state index contributed by atoms with van der Waals surface area (Å²) in [5, 5.41) is 3.31. The Balaban J connectivity index is 0.00000161. The molecule has 5 heteroatoms. The number of nitrogens with one attached hydrogen (secondary N) is 1. The van der Waals surface area contributed by atoms with E-state index in [4.69, 9.17) is 0 Å². The molecule has 116 valence electrons. The number of hydrogen-bond acceptors (Lipinski definition) is 3. The lowest BCUT2D eigenvalue weighted by atomic mass is 10.2. The zero-order valence-corrected chi connectivity index (χ0v) is 13.1. The second kappa shape index (κ2) is 7.66. The van der Waals surface area contributed by atoms with Crippen LogP contribution in [0.2, 0.25) is 0 Å². The molecule has 0 spiro atoms. The van der Waals surface area contributed by atoms with Crippen molar-refractivity contribution in [2.45, 2.75) is 25.3 Å². The van der Waals surface area contributed by atoms with Crippen molar-refractivity contribution in [3.8, 4) is 0 Å². The third kappa shape index (κ3) is 3.89. The fourth-order valence-corrected chi connectivity index (χ4v) is 3.15. The zero-order valence-electron chi connectivity index (χ0n) is 12.3. The molecule has 3 rings (SSSR count). The second-order valence-electron chi connectivity index (χ2n) is 5.65. The van der Waals surface area contributed by atoms with Crippen LogP contribution in [0.5, 0.6) is 0 Å². The van der Waals surface area contributed by atoms with Gasteiger partial charge in [0.2, 0.25) is 5.91 Å². The smallest absolute Gasteiger partial charge is 0.239 e. The standard InChI is InChI=1S/C16H23N3O.ClH/c20-16(15-8-4-9-17-15)19-11-5-10-18(12-13-19)14-6-2-1-3-7-14;/h1-3,6-7,15,17H,4-5,8-13H2;1H. The van der Waals surface area contributed by atoms with Crippen LogP contribution in [0, 0.1) is 0 Å². The van der Waals surface area contributed by atoms with Gasteiger partial charge in [-0.05, 0) is 37.9 Å². The van der Waals surface area contributed by atoms with Gasteiger partial charge in [-0.2, -0.15) is 0 Å². The maximum Gasteiger partial charge on any atom is 0.239 e. The van der Waals surface area contributed by atoms with E-state index in [0.717, 1.165) is 52.0 Å². The molecule has 2 aliphatic heterocycles. The summed E-state index contributed by atoms with van der Waals surface area (Å²) >= 11 is 0. The van der Waals surface area contributed by atoms with Gasteiger partial charge in [0.15, 0.2) is 0 Å². The molecule has 1 unspecified atom stereocenters. The zero-order chi connectivity index (χ0) is 13.8. The van der Waals surface area contributed by atoms with Crippen LogP contribution in [-0.4, -0.2) is 49.6 Å². The highest BCUT2D eigenvalue weighted by atomic mass is 35.5. The summed E-state index contributed by atoms with van der Waals surface area (Å²) in [6.07, 6.45) is 3.17. The van der Waals surface area contributed by atoms with Gasteiger partial charge in [0.25, 0.3) is 0 Å². The van der Waals surface area contributed by atoms with Crippen molar-refractivity contribution in [1.29, 1.82) is 0 Å². The first kappa shape index (κ1) is 16.1. The molecular weight excluding hydrogens is 286 g/mol. The van der Waals surface area contributed by atoms with Gasteiger partial charge in [-0.25, -0.2) is 0 Å². The van der Waals surface area contributed by atoms with Gasteiger partial charge in [-0.3, -0.25) is 4.79 Å². The predicted octanol–water partition coefficient (Wildman–Crippen LogP) is 1.90. The van der Waals surface area contributed by atoms with Gasteiger partial charge in [0.1, 0.15) is 0 Å². The summed E-state index contributed by atoms with van der Waals surface area (Å²) in [4.78, 5) is 16.9. The van der Waals surface area contributed by atoms with Gasteiger partial charge in [-0.1, -0.05) is 18.2 Å².